The van der Waals surface area contributed by atoms with E-state index in [1.165, 1.54) is 23.5 Å². The number of piperazine rings is 1. The Hall–Kier alpha value is -3.19. The number of thiazole rings is 1. The summed E-state index contributed by atoms with van der Waals surface area (Å²) in [5, 5.41) is 36.1. The number of halogens is 1. The van der Waals surface area contributed by atoms with E-state index in [4.69, 9.17) is 15.1 Å². The summed E-state index contributed by atoms with van der Waals surface area (Å²) in [5.74, 6) is 0.470. The van der Waals surface area contributed by atoms with Crippen molar-refractivity contribution in [3.8, 4) is 17.3 Å². The van der Waals surface area contributed by atoms with Gasteiger partial charge in [0.1, 0.15) is 28.7 Å². The van der Waals surface area contributed by atoms with E-state index in [2.05, 4.69) is 15.9 Å². The maximum atomic E-state index is 13.5. The van der Waals surface area contributed by atoms with E-state index >= 15 is 0 Å². The minimum atomic E-state index is -0.556. The first-order valence-electron chi connectivity index (χ1n) is 13.2. The molecule has 210 valence electrons. The number of β-amino-alcohol motifs (C(OH)–C–C–N with tert-alkyl or cyclic N) is 2. The van der Waals surface area contributed by atoms with Gasteiger partial charge in [0, 0.05) is 58.4 Å². The third kappa shape index (κ3) is 5.05. The van der Waals surface area contributed by atoms with Gasteiger partial charge < -0.3 is 20.0 Å². The third-order valence-corrected chi connectivity index (χ3v) is 9.40. The van der Waals surface area contributed by atoms with Crippen molar-refractivity contribution in [1.29, 1.82) is 5.26 Å². The monoisotopic (exact) mass is 583 g/mol. The van der Waals surface area contributed by atoms with Crippen LogP contribution in [-0.2, 0) is 6.42 Å². The highest BCUT2D eigenvalue weighted by Gasteiger charge is 2.32. The number of hydrogen-bond donors (Lipinski definition) is 2. The zero-order valence-corrected chi connectivity index (χ0v) is 23.9. The van der Waals surface area contributed by atoms with Gasteiger partial charge in [0.2, 0.25) is 10.1 Å². The van der Waals surface area contributed by atoms with Crippen LogP contribution in [0.3, 0.4) is 0 Å². The molecule has 0 spiro atoms. The minimum absolute atomic E-state index is 0.326. The number of benzene rings is 1. The van der Waals surface area contributed by atoms with Crippen molar-refractivity contribution in [3.63, 3.8) is 0 Å². The first kappa shape index (κ1) is 27.0. The molecule has 14 heteroatoms. The van der Waals surface area contributed by atoms with Crippen molar-refractivity contribution < 1.29 is 14.6 Å². The fourth-order valence-corrected chi connectivity index (χ4v) is 6.91. The summed E-state index contributed by atoms with van der Waals surface area (Å²) < 4.78 is 15.3. The maximum Gasteiger partial charge on any atom is 0.216 e. The molecule has 0 radical (unpaired) electrons. The second-order valence-corrected chi connectivity index (χ2v) is 12.0. The number of aliphatic hydroxyl groups excluding tert-OH is 2. The lowest BCUT2D eigenvalue weighted by Gasteiger charge is -2.42. The number of aliphatic hydroxyl groups is 2. The van der Waals surface area contributed by atoms with Crippen LogP contribution in [0, 0.1) is 17.1 Å². The molecule has 0 aliphatic carbocycles. The van der Waals surface area contributed by atoms with Gasteiger partial charge in [-0.3, -0.25) is 9.80 Å². The molecule has 40 heavy (non-hydrogen) atoms. The number of aryl methyl sites for hydroxylation is 1. The molecular weight excluding hydrogens is 553 g/mol. The Morgan fingerprint density at radius 3 is 2.52 bits per heavy atom. The minimum Gasteiger partial charge on any atom is -0.390 e. The predicted octanol–water partition coefficient (Wildman–Crippen LogP) is 2.37. The number of hydrogen-bond acceptors (Lipinski definition) is 12. The molecule has 1 atom stereocenters. The summed E-state index contributed by atoms with van der Waals surface area (Å²) in [6.45, 7) is 6.87. The fourth-order valence-electron chi connectivity index (χ4n) is 5.09. The molecule has 2 N–H and O–H groups in total. The van der Waals surface area contributed by atoms with E-state index in [0.29, 0.717) is 47.3 Å². The number of nitriles is 1. The van der Waals surface area contributed by atoms with Crippen LogP contribution in [0.4, 0.5) is 20.5 Å². The summed E-state index contributed by atoms with van der Waals surface area (Å²) in [6, 6.07) is 8.23. The zero-order valence-electron chi connectivity index (χ0n) is 22.2. The Balaban J connectivity index is 1.21. The van der Waals surface area contributed by atoms with Crippen LogP contribution >= 0.6 is 22.7 Å². The molecule has 2 aliphatic rings. The highest BCUT2D eigenvalue weighted by atomic mass is 32.1. The van der Waals surface area contributed by atoms with Gasteiger partial charge in [-0.05, 0) is 30.7 Å². The largest absolute Gasteiger partial charge is 0.390 e. The fraction of sp³-hybridized carbons (Fsp3) is 0.462. The molecule has 2 aliphatic heterocycles. The number of nitrogens with zero attached hydrogens (tertiary/aromatic N) is 9. The summed E-state index contributed by atoms with van der Waals surface area (Å²) in [6.07, 6.45) is -0.172. The van der Waals surface area contributed by atoms with E-state index in [0.717, 1.165) is 47.8 Å². The number of fused-ring (bicyclic) bond motifs is 1. The van der Waals surface area contributed by atoms with Crippen molar-refractivity contribution >= 4 is 43.7 Å². The molecule has 2 fully saturated rings. The molecule has 3 aromatic heterocycles. The first-order chi connectivity index (χ1) is 19.3. The van der Waals surface area contributed by atoms with Gasteiger partial charge in [0.25, 0.3) is 0 Å². The van der Waals surface area contributed by atoms with Crippen LogP contribution in [0.1, 0.15) is 17.5 Å². The molecule has 1 unspecified atom stereocenters. The Labute approximate surface area is 238 Å². The summed E-state index contributed by atoms with van der Waals surface area (Å²) in [7, 11) is 1.90. The molecule has 2 saturated heterocycles. The second-order valence-electron chi connectivity index (χ2n) is 10.0. The standard InChI is InChI=1S/C26H30FN9O2S2/c1-3-19-23(32(2)24-30-22(20(12-28)39-24)16-4-6-17(27)7-5-16)36-25(29-19)40-26(31-36)34-10-8-33(9-11-34)15-21(38)35-13-18(37)14-35/h4-7,18,21,37-38H,3,8-11,13-15H2,1-2H3. The Bertz CT molecular complexity index is 1530. The number of imidazole rings is 1. The average molecular weight is 584 g/mol. The topological polar surface area (TPSA) is 120 Å². The quantitative estimate of drug-likeness (QED) is 0.320. The predicted molar refractivity (Wildman–Crippen MR) is 153 cm³/mol. The van der Waals surface area contributed by atoms with Gasteiger partial charge in [-0.2, -0.15) is 9.78 Å². The summed E-state index contributed by atoms with van der Waals surface area (Å²) >= 11 is 2.82. The Morgan fingerprint density at radius 1 is 1.15 bits per heavy atom. The molecule has 0 saturated carbocycles. The maximum absolute atomic E-state index is 13.5. The van der Waals surface area contributed by atoms with Crippen LogP contribution in [0.5, 0.6) is 0 Å². The van der Waals surface area contributed by atoms with Gasteiger partial charge in [0.05, 0.1) is 11.8 Å². The Morgan fingerprint density at radius 2 is 1.88 bits per heavy atom. The number of aromatic nitrogens is 4. The highest BCUT2D eigenvalue weighted by Crippen LogP contribution is 2.38. The van der Waals surface area contributed by atoms with Crippen LogP contribution in [-0.4, -0.2) is 105 Å². The number of rotatable bonds is 8. The molecule has 6 rings (SSSR count). The van der Waals surface area contributed by atoms with Crippen molar-refractivity contribution in [2.75, 3.05) is 62.7 Å². The normalized spacial score (nSPS) is 17.8. The molecule has 0 bridgehead atoms. The second kappa shape index (κ2) is 11.0. The first-order valence-corrected chi connectivity index (χ1v) is 14.8. The third-order valence-electron chi connectivity index (χ3n) is 7.39. The van der Waals surface area contributed by atoms with Crippen LogP contribution in [0.2, 0.25) is 0 Å². The van der Waals surface area contributed by atoms with E-state index in [-0.39, 0.29) is 11.9 Å². The number of anilines is 3. The lowest BCUT2D eigenvalue weighted by molar-refractivity contribution is -0.108. The lowest BCUT2D eigenvalue weighted by atomic mass is 10.1. The van der Waals surface area contributed by atoms with Crippen molar-refractivity contribution in [3.05, 3.63) is 40.7 Å². The number of likely N-dealkylation sites (tertiary alicyclic amines) is 1. The summed E-state index contributed by atoms with van der Waals surface area (Å²) in [5.41, 5.74) is 2.10. The molecule has 0 amide bonds. The van der Waals surface area contributed by atoms with Crippen LogP contribution < -0.4 is 9.80 Å². The van der Waals surface area contributed by atoms with E-state index in [9.17, 15) is 19.9 Å². The molecule has 1 aromatic carbocycles. The van der Waals surface area contributed by atoms with E-state index in [1.807, 2.05) is 28.3 Å². The SMILES string of the molecule is CCc1nc2sc(N3CCN(CC(O)N4CC(O)C4)CC3)nn2c1N(C)c1nc(-c2ccc(F)cc2)c(C#N)s1. The smallest absolute Gasteiger partial charge is 0.216 e. The molecule has 11 nitrogen and oxygen atoms in total. The van der Waals surface area contributed by atoms with E-state index in [1.54, 1.807) is 23.5 Å². The van der Waals surface area contributed by atoms with Gasteiger partial charge in [-0.15, -0.1) is 5.10 Å². The lowest BCUT2D eigenvalue weighted by Crippen LogP contribution is -2.59. The van der Waals surface area contributed by atoms with Gasteiger partial charge in [-0.1, -0.05) is 29.6 Å². The average Bonchev–Trinajstić information content (AvgIpc) is 3.64. The van der Waals surface area contributed by atoms with Gasteiger partial charge in [0.15, 0.2) is 10.9 Å². The van der Waals surface area contributed by atoms with Crippen molar-refractivity contribution in [2.45, 2.75) is 25.7 Å². The summed E-state index contributed by atoms with van der Waals surface area (Å²) in [4.78, 5) is 19.2. The van der Waals surface area contributed by atoms with Crippen molar-refractivity contribution in [1.82, 2.24) is 29.4 Å². The van der Waals surface area contributed by atoms with Gasteiger partial charge >= 0.3 is 0 Å². The van der Waals surface area contributed by atoms with Gasteiger partial charge in [-0.25, -0.2) is 14.4 Å². The van der Waals surface area contributed by atoms with E-state index < -0.39 is 6.23 Å². The molecule has 5 heterocycles. The molecular formula is C26H30FN9O2S2. The molecule has 4 aromatic rings. The van der Waals surface area contributed by atoms with Crippen molar-refractivity contribution in [2.24, 2.45) is 0 Å². The van der Waals surface area contributed by atoms with Crippen LogP contribution in [0.15, 0.2) is 24.3 Å². The van der Waals surface area contributed by atoms with Crippen LogP contribution in [0.25, 0.3) is 16.2 Å². The zero-order chi connectivity index (χ0) is 28.0. The highest BCUT2D eigenvalue weighted by molar-refractivity contribution is 7.20. The Kier molecular flexibility index (Phi) is 7.43.